The summed E-state index contributed by atoms with van der Waals surface area (Å²) in [5.74, 6) is 0.338. The summed E-state index contributed by atoms with van der Waals surface area (Å²) in [5, 5.41) is 9.52. The zero-order chi connectivity index (χ0) is 12.3. The molecule has 0 heterocycles. The number of nitrogens with zero attached hydrogens (tertiary/aromatic N) is 1. The molecule has 0 aromatic heterocycles. The SMILES string of the molecule is N#CCOc1ccc2ccccc2c1C(=O)Cl. The van der Waals surface area contributed by atoms with Crippen molar-refractivity contribution in [2.75, 3.05) is 6.61 Å². The molecule has 2 aromatic carbocycles. The molecule has 0 N–H and O–H groups in total. The molecule has 0 aliphatic carbocycles. The molecule has 0 saturated heterocycles. The van der Waals surface area contributed by atoms with Gasteiger partial charge in [0, 0.05) is 0 Å². The number of benzene rings is 2. The van der Waals surface area contributed by atoms with Gasteiger partial charge in [-0.1, -0.05) is 30.3 Å². The summed E-state index contributed by atoms with van der Waals surface area (Å²) in [6.45, 7) is -0.116. The summed E-state index contributed by atoms with van der Waals surface area (Å²) < 4.78 is 5.19. The first-order chi connectivity index (χ1) is 8.24. The Hall–Kier alpha value is -2.05. The summed E-state index contributed by atoms with van der Waals surface area (Å²) in [7, 11) is 0. The van der Waals surface area contributed by atoms with Crippen LogP contribution >= 0.6 is 11.6 Å². The fraction of sp³-hybridized carbons (Fsp3) is 0.0769. The number of hydrogen-bond acceptors (Lipinski definition) is 3. The molecule has 84 valence electrons. The van der Waals surface area contributed by atoms with Gasteiger partial charge in [0.05, 0.1) is 5.56 Å². The number of carbonyl (C=O) groups is 1. The van der Waals surface area contributed by atoms with E-state index in [4.69, 9.17) is 21.6 Å². The minimum atomic E-state index is -0.588. The Morgan fingerprint density at radius 2 is 2.06 bits per heavy atom. The zero-order valence-electron chi connectivity index (χ0n) is 8.81. The smallest absolute Gasteiger partial charge is 0.256 e. The lowest BCUT2D eigenvalue weighted by Crippen LogP contribution is -2.01. The Kier molecular flexibility index (Phi) is 3.27. The summed E-state index contributed by atoms with van der Waals surface area (Å²) in [6.07, 6.45) is 0. The van der Waals surface area contributed by atoms with Crippen molar-refractivity contribution in [3.8, 4) is 11.8 Å². The predicted octanol–water partition coefficient (Wildman–Crippen LogP) is 3.12. The van der Waals surface area contributed by atoms with E-state index in [2.05, 4.69) is 0 Å². The van der Waals surface area contributed by atoms with E-state index in [1.165, 1.54) is 0 Å². The van der Waals surface area contributed by atoms with Crippen LogP contribution < -0.4 is 4.74 Å². The molecular formula is C13H8ClNO2. The first-order valence-corrected chi connectivity index (χ1v) is 5.33. The molecule has 0 aliphatic rings. The average Bonchev–Trinajstić information content (AvgIpc) is 2.35. The van der Waals surface area contributed by atoms with Crippen molar-refractivity contribution in [2.24, 2.45) is 0 Å². The van der Waals surface area contributed by atoms with Crippen molar-refractivity contribution in [3.05, 3.63) is 42.0 Å². The van der Waals surface area contributed by atoms with Crippen molar-refractivity contribution < 1.29 is 9.53 Å². The topological polar surface area (TPSA) is 50.1 Å². The third-order valence-electron chi connectivity index (χ3n) is 2.38. The number of halogens is 1. The molecule has 0 fully saturated rings. The molecule has 0 aliphatic heterocycles. The van der Waals surface area contributed by atoms with Gasteiger partial charge in [-0.15, -0.1) is 0 Å². The lowest BCUT2D eigenvalue weighted by molar-refractivity contribution is 0.107. The zero-order valence-corrected chi connectivity index (χ0v) is 9.57. The van der Waals surface area contributed by atoms with Crippen molar-refractivity contribution in [1.82, 2.24) is 0 Å². The third-order valence-corrected chi connectivity index (χ3v) is 2.57. The molecule has 3 nitrogen and oxygen atoms in total. The largest absolute Gasteiger partial charge is 0.478 e. The molecule has 17 heavy (non-hydrogen) atoms. The maximum Gasteiger partial charge on any atom is 0.256 e. The molecule has 0 radical (unpaired) electrons. The highest BCUT2D eigenvalue weighted by Crippen LogP contribution is 2.29. The fourth-order valence-corrected chi connectivity index (χ4v) is 1.88. The minimum Gasteiger partial charge on any atom is -0.478 e. The fourth-order valence-electron chi connectivity index (χ4n) is 1.68. The second kappa shape index (κ2) is 4.86. The molecule has 4 heteroatoms. The van der Waals surface area contributed by atoms with E-state index in [9.17, 15) is 4.79 Å². The molecule has 0 bridgehead atoms. The Labute approximate surface area is 103 Å². The molecule has 0 saturated carbocycles. The van der Waals surface area contributed by atoms with Crippen LogP contribution in [0.1, 0.15) is 10.4 Å². The van der Waals surface area contributed by atoms with Crippen molar-refractivity contribution in [1.29, 1.82) is 5.26 Å². The van der Waals surface area contributed by atoms with Crippen LogP contribution in [0.3, 0.4) is 0 Å². The van der Waals surface area contributed by atoms with Crippen molar-refractivity contribution in [2.45, 2.75) is 0 Å². The van der Waals surface area contributed by atoms with E-state index in [0.29, 0.717) is 11.3 Å². The van der Waals surface area contributed by atoms with Gasteiger partial charge in [0.2, 0.25) is 0 Å². The Bertz CT molecular complexity index is 616. The van der Waals surface area contributed by atoms with Crippen LogP contribution in [-0.2, 0) is 0 Å². The van der Waals surface area contributed by atoms with Gasteiger partial charge < -0.3 is 4.74 Å². The number of rotatable bonds is 3. The molecule has 0 spiro atoms. The van der Waals surface area contributed by atoms with Crippen LogP contribution in [0, 0.1) is 11.3 Å². The van der Waals surface area contributed by atoms with E-state index in [-0.39, 0.29) is 6.61 Å². The van der Waals surface area contributed by atoms with Crippen LogP contribution in [0.25, 0.3) is 10.8 Å². The maximum atomic E-state index is 11.4. The van der Waals surface area contributed by atoms with Gasteiger partial charge in [-0.3, -0.25) is 4.79 Å². The van der Waals surface area contributed by atoms with Gasteiger partial charge in [0.1, 0.15) is 11.8 Å². The van der Waals surface area contributed by atoms with Crippen LogP contribution in [0.2, 0.25) is 0 Å². The Morgan fingerprint density at radius 3 is 2.76 bits per heavy atom. The molecule has 0 atom stereocenters. The Balaban J connectivity index is 2.65. The molecule has 2 aromatic rings. The number of fused-ring (bicyclic) bond motifs is 1. The predicted molar refractivity (Wildman–Crippen MR) is 65.2 cm³/mol. The lowest BCUT2D eigenvalue weighted by Gasteiger charge is -2.09. The second-order valence-electron chi connectivity index (χ2n) is 3.38. The van der Waals surface area contributed by atoms with Gasteiger partial charge in [0.25, 0.3) is 5.24 Å². The number of hydrogen-bond donors (Lipinski definition) is 0. The summed E-state index contributed by atoms with van der Waals surface area (Å²) in [5.41, 5.74) is 0.306. The third kappa shape index (κ3) is 2.22. The summed E-state index contributed by atoms with van der Waals surface area (Å²) in [6, 6.07) is 12.7. The first-order valence-electron chi connectivity index (χ1n) is 4.95. The van der Waals surface area contributed by atoms with Crippen molar-refractivity contribution in [3.63, 3.8) is 0 Å². The lowest BCUT2D eigenvalue weighted by atomic mass is 10.0. The van der Waals surface area contributed by atoms with Crippen LogP contribution in [0.5, 0.6) is 5.75 Å². The molecule has 0 amide bonds. The number of nitriles is 1. The standard InChI is InChI=1S/C13H8ClNO2/c14-13(16)12-10-4-2-1-3-9(10)5-6-11(12)17-8-7-15/h1-6H,8H2. The molecule has 0 unspecified atom stereocenters. The highest BCUT2D eigenvalue weighted by atomic mass is 35.5. The van der Waals surface area contributed by atoms with E-state index >= 15 is 0 Å². The van der Waals surface area contributed by atoms with Crippen LogP contribution in [0.4, 0.5) is 0 Å². The first kappa shape index (κ1) is 11.4. The molecule has 2 rings (SSSR count). The molecular weight excluding hydrogens is 238 g/mol. The highest BCUT2D eigenvalue weighted by molar-refractivity contribution is 6.69. The van der Waals surface area contributed by atoms with Crippen LogP contribution in [0.15, 0.2) is 36.4 Å². The number of carbonyl (C=O) groups excluding carboxylic acids is 1. The van der Waals surface area contributed by atoms with E-state index in [0.717, 1.165) is 10.8 Å². The van der Waals surface area contributed by atoms with Gasteiger partial charge in [-0.25, -0.2) is 0 Å². The summed E-state index contributed by atoms with van der Waals surface area (Å²) >= 11 is 5.56. The van der Waals surface area contributed by atoms with Crippen molar-refractivity contribution >= 4 is 27.6 Å². The van der Waals surface area contributed by atoms with Gasteiger partial charge in [0.15, 0.2) is 6.61 Å². The average molecular weight is 246 g/mol. The normalized spacial score (nSPS) is 9.88. The van der Waals surface area contributed by atoms with E-state index < -0.39 is 5.24 Å². The van der Waals surface area contributed by atoms with Gasteiger partial charge >= 0.3 is 0 Å². The van der Waals surface area contributed by atoms with Gasteiger partial charge in [-0.2, -0.15) is 5.26 Å². The van der Waals surface area contributed by atoms with Crippen LogP contribution in [-0.4, -0.2) is 11.8 Å². The second-order valence-corrected chi connectivity index (χ2v) is 3.72. The minimum absolute atomic E-state index is 0.116. The monoisotopic (exact) mass is 245 g/mol. The van der Waals surface area contributed by atoms with Gasteiger partial charge in [-0.05, 0) is 28.4 Å². The van der Waals surface area contributed by atoms with E-state index in [1.54, 1.807) is 12.1 Å². The Morgan fingerprint density at radius 1 is 1.29 bits per heavy atom. The highest BCUT2D eigenvalue weighted by Gasteiger charge is 2.14. The quantitative estimate of drug-likeness (QED) is 0.781. The number of ether oxygens (including phenoxy) is 1. The maximum absolute atomic E-state index is 11.4. The van der Waals surface area contributed by atoms with E-state index in [1.807, 2.05) is 30.3 Å². The summed E-state index contributed by atoms with van der Waals surface area (Å²) in [4.78, 5) is 11.4.